The molecule has 0 fully saturated rings. The first-order valence-corrected chi connectivity index (χ1v) is 7.50. The van der Waals surface area contributed by atoms with Crippen molar-refractivity contribution in [2.45, 2.75) is 12.2 Å². The van der Waals surface area contributed by atoms with Crippen molar-refractivity contribution in [3.63, 3.8) is 0 Å². The van der Waals surface area contributed by atoms with Crippen LogP contribution in [-0.4, -0.2) is 38.9 Å². The Morgan fingerprint density at radius 3 is 2.70 bits per heavy atom. The summed E-state index contributed by atoms with van der Waals surface area (Å²) in [4.78, 5) is 4.25. The summed E-state index contributed by atoms with van der Waals surface area (Å²) >= 11 is 0. The van der Waals surface area contributed by atoms with Crippen LogP contribution in [0.15, 0.2) is 28.8 Å². The van der Waals surface area contributed by atoms with Gasteiger partial charge in [-0.2, -0.15) is 4.98 Å². The van der Waals surface area contributed by atoms with Crippen LogP contribution in [0.4, 0.5) is 0 Å². The number of ether oxygens (including phenoxy) is 1. The summed E-state index contributed by atoms with van der Waals surface area (Å²) in [6, 6.07) is 7.25. The maximum atomic E-state index is 11.8. The zero-order valence-electron chi connectivity index (χ0n) is 11.3. The molecule has 20 heavy (non-hydrogen) atoms. The third kappa shape index (κ3) is 3.23. The molecule has 0 saturated carbocycles. The zero-order chi connectivity index (χ0) is 14.5. The molecule has 1 aromatic heterocycles. The second-order valence-electron chi connectivity index (χ2n) is 4.14. The number of aromatic nitrogens is 2. The quantitative estimate of drug-likeness (QED) is 0.870. The molecule has 0 aliphatic carbocycles. The minimum atomic E-state index is -1.23. The SMILES string of the molecule is COc1ccc(-c2noc(C(C)S(=O)CCO)n2)cc1. The molecular formula is C13H16N2O4S. The number of aliphatic hydroxyl groups is 1. The highest BCUT2D eigenvalue weighted by Crippen LogP contribution is 2.23. The number of aliphatic hydroxyl groups excluding tert-OH is 1. The molecule has 2 rings (SSSR count). The fourth-order valence-electron chi connectivity index (χ4n) is 1.64. The van der Waals surface area contributed by atoms with Crippen LogP contribution in [0.5, 0.6) is 5.75 Å². The van der Waals surface area contributed by atoms with Crippen molar-refractivity contribution in [3.05, 3.63) is 30.2 Å². The van der Waals surface area contributed by atoms with Crippen LogP contribution < -0.4 is 4.74 Å². The van der Waals surface area contributed by atoms with E-state index < -0.39 is 16.0 Å². The number of benzene rings is 1. The summed E-state index contributed by atoms with van der Waals surface area (Å²) in [5, 5.41) is 12.3. The lowest BCUT2D eigenvalue weighted by Crippen LogP contribution is -2.09. The van der Waals surface area contributed by atoms with Gasteiger partial charge in [0.25, 0.3) is 0 Å². The van der Waals surface area contributed by atoms with Gasteiger partial charge in [-0.1, -0.05) is 5.16 Å². The summed E-state index contributed by atoms with van der Waals surface area (Å²) in [6.45, 7) is 1.60. The topological polar surface area (TPSA) is 85.5 Å². The second-order valence-corrected chi connectivity index (χ2v) is 6.01. The van der Waals surface area contributed by atoms with Crippen LogP contribution in [-0.2, 0) is 10.8 Å². The van der Waals surface area contributed by atoms with Crippen molar-refractivity contribution < 1.29 is 18.6 Å². The van der Waals surface area contributed by atoms with Gasteiger partial charge in [0.2, 0.25) is 11.7 Å². The minimum absolute atomic E-state index is 0.129. The Kier molecular flexibility index (Phi) is 4.86. The van der Waals surface area contributed by atoms with E-state index >= 15 is 0 Å². The van der Waals surface area contributed by atoms with Crippen molar-refractivity contribution >= 4 is 10.8 Å². The third-order valence-corrected chi connectivity index (χ3v) is 4.40. The Morgan fingerprint density at radius 2 is 2.10 bits per heavy atom. The molecule has 108 valence electrons. The first kappa shape index (κ1) is 14.7. The molecule has 0 saturated heterocycles. The van der Waals surface area contributed by atoms with Crippen molar-refractivity contribution in [2.24, 2.45) is 0 Å². The third-order valence-electron chi connectivity index (χ3n) is 2.82. The van der Waals surface area contributed by atoms with E-state index in [-0.39, 0.29) is 12.4 Å². The minimum Gasteiger partial charge on any atom is -0.497 e. The van der Waals surface area contributed by atoms with E-state index in [1.54, 1.807) is 26.2 Å². The summed E-state index contributed by atoms with van der Waals surface area (Å²) in [7, 11) is 0.367. The van der Waals surface area contributed by atoms with E-state index in [1.807, 2.05) is 12.1 Å². The van der Waals surface area contributed by atoms with Crippen molar-refractivity contribution in [3.8, 4) is 17.1 Å². The lowest BCUT2D eigenvalue weighted by atomic mass is 10.2. The van der Waals surface area contributed by atoms with Crippen molar-refractivity contribution in [2.75, 3.05) is 19.5 Å². The molecule has 6 nitrogen and oxygen atoms in total. The van der Waals surface area contributed by atoms with E-state index in [0.717, 1.165) is 11.3 Å². The Balaban J connectivity index is 2.17. The Hall–Kier alpha value is -1.73. The number of hydrogen-bond acceptors (Lipinski definition) is 6. The van der Waals surface area contributed by atoms with Crippen LogP contribution in [0.3, 0.4) is 0 Å². The molecule has 1 aromatic carbocycles. The summed E-state index contributed by atoms with van der Waals surface area (Å²) < 4.78 is 22.0. The normalized spacial score (nSPS) is 13.9. The van der Waals surface area contributed by atoms with Crippen LogP contribution in [0.25, 0.3) is 11.4 Å². The Morgan fingerprint density at radius 1 is 1.40 bits per heavy atom. The van der Waals surface area contributed by atoms with Gasteiger partial charge in [-0.15, -0.1) is 0 Å². The highest BCUT2D eigenvalue weighted by molar-refractivity contribution is 7.85. The molecule has 0 aliphatic rings. The van der Waals surface area contributed by atoms with E-state index in [2.05, 4.69) is 10.1 Å². The predicted octanol–water partition coefficient (Wildman–Crippen LogP) is 1.55. The van der Waals surface area contributed by atoms with Crippen LogP contribution in [0.1, 0.15) is 18.1 Å². The highest BCUT2D eigenvalue weighted by atomic mass is 32.2. The van der Waals surface area contributed by atoms with E-state index in [9.17, 15) is 4.21 Å². The van der Waals surface area contributed by atoms with Gasteiger partial charge >= 0.3 is 0 Å². The molecule has 2 atom stereocenters. The Bertz CT molecular complexity index is 582. The van der Waals surface area contributed by atoms with Crippen LogP contribution in [0, 0.1) is 0 Å². The van der Waals surface area contributed by atoms with E-state index in [1.165, 1.54) is 0 Å². The van der Waals surface area contributed by atoms with Gasteiger partial charge in [0, 0.05) is 22.1 Å². The van der Waals surface area contributed by atoms with Gasteiger partial charge in [-0.25, -0.2) is 0 Å². The Labute approximate surface area is 119 Å². The molecule has 2 aromatic rings. The van der Waals surface area contributed by atoms with Crippen LogP contribution >= 0.6 is 0 Å². The van der Waals surface area contributed by atoms with Crippen LogP contribution in [0.2, 0.25) is 0 Å². The molecule has 0 bridgehead atoms. The monoisotopic (exact) mass is 296 g/mol. The molecule has 1 heterocycles. The summed E-state index contributed by atoms with van der Waals surface area (Å²) in [5.41, 5.74) is 0.793. The zero-order valence-corrected chi connectivity index (χ0v) is 12.1. The van der Waals surface area contributed by atoms with Gasteiger partial charge in [-0.3, -0.25) is 4.21 Å². The standard InChI is InChI=1S/C13H16N2O4S/c1-9(20(17)8-7-16)13-14-12(15-19-13)10-3-5-11(18-2)6-4-10/h3-6,9,16H,7-8H2,1-2H3. The number of hydrogen-bond donors (Lipinski definition) is 1. The molecule has 0 amide bonds. The molecule has 2 unspecified atom stereocenters. The molecule has 0 aliphatic heterocycles. The van der Waals surface area contributed by atoms with Gasteiger partial charge < -0.3 is 14.4 Å². The molecule has 1 N–H and O–H groups in total. The van der Waals surface area contributed by atoms with E-state index in [0.29, 0.717) is 11.7 Å². The van der Waals surface area contributed by atoms with Crippen molar-refractivity contribution in [1.29, 1.82) is 0 Å². The average molecular weight is 296 g/mol. The summed E-state index contributed by atoms with van der Waals surface area (Å²) in [5.74, 6) is 1.69. The number of methoxy groups -OCH3 is 1. The van der Waals surface area contributed by atoms with Gasteiger partial charge in [-0.05, 0) is 31.2 Å². The smallest absolute Gasteiger partial charge is 0.242 e. The average Bonchev–Trinajstić information content (AvgIpc) is 2.96. The largest absolute Gasteiger partial charge is 0.497 e. The van der Waals surface area contributed by atoms with Gasteiger partial charge in [0.15, 0.2) is 0 Å². The van der Waals surface area contributed by atoms with Crippen molar-refractivity contribution in [1.82, 2.24) is 10.1 Å². The second kappa shape index (κ2) is 6.62. The highest BCUT2D eigenvalue weighted by Gasteiger charge is 2.20. The predicted molar refractivity (Wildman–Crippen MR) is 74.8 cm³/mol. The van der Waals surface area contributed by atoms with Gasteiger partial charge in [0.1, 0.15) is 11.0 Å². The molecule has 0 spiro atoms. The number of nitrogens with zero attached hydrogens (tertiary/aromatic N) is 2. The number of rotatable bonds is 6. The lowest BCUT2D eigenvalue weighted by molar-refractivity contribution is 0.320. The molecule has 0 radical (unpaired) electrons. The first-order chi connectivity index (χ1) is 9.65. The fourth-order valence-corrected chi connectivity index (χ4v) is 2.49. The molecular weight excluding hydrogens is 280 g/mol. The van der Waals surface area contributed by atoms with Gasteiger partial charge in [0.05, 0.1) is 13.7 Å². The first-order valence-electron chi connectivity index (χ1n) is 6.11. The maximum absolute atomic E-state index is 11.8. The summed E-state index contributed by atoms with van der Waals surface area (Å²) in [6.07, 6.45) is 0. The van der Waals surface area contributed by atoms with E-state index in [4.69, 9.17) is 14.4 Å². The lowest BCUT2D eigenvalue weighted by Gasteiger charge is -2.04. The maximum Gasteiger partial charge on any atom is 0.242 e. The molecule has 7 heteroatoms. The fraction of sp³-hybridized carbons (Fsp3) is 0.385.